The van der Waals surface area contributed by atoms with Crippen LogP contribution in [0.5, 0.6) is 0 Å². The molecule has 382 valence electrons. The molecule has 1 aromatic heterocycles. The third-order valence-electron chi connectivity index (χ3n) is 17.4. The second-order valence-corrected chi connectivity index (χ2v) is 22.1. The van der Waals surface area contributed by atoms with Gasteiger partial charge < -0.3 is 4.42 Å². The van der Waals surface area contributed by atoms with Crippen LogP contribution in [0.15, 0.2) is 283 Å². The molecule has 0 saturated heterocycles. The highest BCUT2D eigenvalue weighted by Gasteiger charge is 2.39. The van der Waals surface area contributed by atoms with Gasteiger partial charge in [-0.05, 0) is 173 Å². The van der Waals surface area contributed by atoms with Crippen LogP contribution in [-0.2, 0) is 5.41 Å². The van der Waals surface area contributed by atoms with Gasteiger partial charge in [-0.1, -0.05) is 270 Å². The minimum absolute atomic E-state index is 0. The third-order valence-corrected chi connectivity index (χ3v) is 17.4. The van der Waals surface area contributed by atoms with Crippen LogP contribution in [0.2, 0.25) is 0 Å². The predicted octanol–water partition coefficient (Wildman–Crippen LogP) is 23.0. The monoisotopic (exact) mass is 1030 g/mol. The number of furan rings is 1. The fraction of sp³-hybridized carbons (Fsp3) is 0.0500. The van der Waals surface area contributed by atoms with Crippen LogP contribution in [0.1, 0.15) is 32.4 Å². The molecule has 0 N–H and O–H groups in total. The number of hydrogen-bond donors (Lipinski definition) is 0. The zero-order valence-corrected chi connectivity index (χ0v) is 44.5. The van der Waals surface area contributed by atoms with E-state index in [1.165, 1.54) is 142 Å². The molecule has 1 heterocycles. The van der Waals surface area contributed by atoms with E-state index in [2.05, 4.69) is 293 Å². The Morgan fingerprint density at radius 1 is 0.247 bits per heavy atom. The fourth-order valence-corrected chi connectivity index (χ4v) is 14.0. The van der Waals surface area contributed by atoms with Gasteiger partial charge in [0.15, 0.2) is 0 Å². The summed E-state index contributed by atoms with van der Waals surface area (Å²) in [6, 6.07) is 102. The Hall–Kier alpha value is -10.1. The first-order valence-electron chi connectivity index (χ1n) is 27.9. The van der Waals surface area contributed by atoms with Crippen molar-refractivity contribution in [1.29, 1.82) is 0 Å². The van der Waals surface area contributed by atoms with Crippen LogP contribution >= 0.6 is 0 Å². The van der Waals surface area contributed by atoms with E-state index < -0.39 is 0 Å². The molecule has 0 bridgehead atoms. The average Bonchev–Trinajstić information content (AvgIpc) is 4.25. The Morgan fingerprint density at radius 2 is 0.642 bits per heavy atom. The van der Waals surface area contributed by atoms with Gasteiger partial charge in [0, 0.05) is 16.2 Å². The first kappa shape index (κ1) is 48.1. The Morgan fingerprint density at radius 3 is 1.16 bits per heavy atom. The second-order valence-electron chi connectivity index (χ2n) is 22.1. The maximum atomic E-state index is 6.30. The molecule has 1 nitrogen and oxygen atoms in total. The van der Waals surface area contributed by atoms with Crippen molar-refractivity contribution in [2.45, 2.75) is 26.7 Å². The molecular weight excluding hydrogens is 977 g/mol. The molecule has 81 heavy (non-hydrogen) atoms. The predicted molar refractivity (Wildman–Crippen MR) is 349 cm³/mol. The van der Waals surface area contributed by atoms with E-state index >= 15 is 0 Å². The van der Waals surface area contributed by atoms with E-state index in [0.717, 1.165) is 21.9 Å². The molecule has 0 radical (unpaired) electrons. The standard InChI is InChI=1S/C43H30.C36H22O.CH4/c1-43(2)38-26-37(30-18-8-9-19-31(30)41(38)36-25-24-27-14-6-7-17-29(27)42(36)43)40-34-22-12-10-20-32(34)39(28-15-4-3-5-16-28)33-21-11-13-23-35(33)40;1-2-10-23(11-3-1)35-27-14-6-8-16-29(27)36(30-17-9-7-15-28(30)35)26-18-19-33-31(21-26)32-20-24-12-4-5-13-25(24)22-34(32)37-33;/h3-26H,1-2H3;1-22H;1H4. The van der Waals surface area contributed by atoms with E-state index in [0.29, 0.717) is 0 Å². The number of fused-ring (bicyclic) bond motifs is 15. The molecule has 0 spiro atoms. The summed E-state index contributed by atoms with van der Waals surface area (Å²) in [5.74, 6) is 0. The quantitative estimate of drug-likeness (QED) is 0.160. The van der Waals surface area contributed by atoms with Crippen molar-refractivity contribution in [3.8, 4) is 55.6 Å². The van der Waals surface area contributed by atoms with Gasteiger partial charge >= 0.3 is 0 Å². The fourth-order valence-electron chi connectivity index (χ4n) is 14.0. The van der Waals surface area contributed by atoms with Crippen LogP contribution < -0.4 is 0 Å². The number of rotatable bonds is 4. The summed E-state index contributed by atoms with van der Waals surface area (Å²) in [4.78, 5) is 0. The van der Waals surface area contributed by atoms with Crippen LogP contribution in [0, 0.1) is 0 Å². The third kappa shape index (κ3) is 7.39. The minimum atomic E-state index is -0.139. The first-order chi connectivity index (χ1) is 39.5. The van der Waals surface area contributed by atoms with Gasteiger partial charge in [0.25, 0.3) is 0 Å². The van der Waals surface area contributed by atoms with Gasteiger partial charge in [-0.15, -0.1) is 0 Å². The first-order valence-corrected chi connectivity index (χ1v) is 27.9. The Balaban J connectivity index is 0.000000139. The Labute approximate surface area is 471 Å². The molecule has 1 aliphatic carbocycles. The lowest BCUT2D eigenvalue weighted by molar-refractivity contribution is 0.667. The number of hydrogen-bond acceptors (Lipinski definition) is 1. The van der Waals surface area contributed by atoms with Gasteiger partial charge in [-0.2, -0.15) is 0 Å². The molecule has 0 aliphatic heterocycles. The van der Waals surface area contributed by atoms with Crippen LogP contribution in [0.3, 0.4) is 0 Å². The topological polar surface area (TPSA) is 13.1 Å². The van der Waals surface area contributed by atoms with Gasteiger partial charge in [0.05, 0.1) is 0 Å². The van der Waals surface area contributed by atoms with Crippen molar-refractivity contribution in [3.05, 3.63) is 290 Å². The summed E-state index contributed by atoms with van der Waals surface area (Å²) in [5.41, 5.74) is 17.5. The van der Waals surface area contributed by atoms with Gasteiger partial charge in [-0.3, -0.25) is 0 Å². The molecule has 0 amide bonds. The van der Waals surface area contributed by atoms with Crippen LogP contribution in [0.4, 0.5) is 0 Å². The van der Waals surface area contributed by atoms with Gasteiger partial charge in [0.2, 0.25) is 0 Å². The summed E-state index contributed by atoms with van der Waals surface area (Å²) in [6.45, 7) is 4.83. The molecule has 0 unspecified atom stereocenters. The molecule has 0 fully saturated rings. The molecule has 17 rings (SSSR count). The molecular formula is C80H56O. The summed E-state index contributed by atoms with van der Waals surface area (Å²) >= 11 is 0. The van der Waals surface area contributed by atoms with Gasteiger partial charge in [0.1, 0.15) is 11.2 Å². The summed E-state index contributed by atoms with van der Waals surface area (Å²) in [6.07, 6.45) is 0. The van der Waals surface area contributed by atoms with Crippen molar-refractivity contribution < 1.29 is 4.42 Å². The molecule has 16 aromatic rings. The van der Waals surface area contributed by atoms with Crippen molar-refractivity contribution in [2.24, 2.45) is 0 Å². The normalized spacial score (nSPS) is 12.6. The SMILES string of the molecule is C.CC1(C)c2cc(-c3c4ccccc4c(-c4ccccc4)c4ccccc34)c3ccccc3c2-c2ccc3ccccc3c21.c1ccc(-c2c3ccccc3c(-c3ccc4oc5cc6ccccc6cc5c4c3)c3ccccc23)cc1. The molecule has 15 aromatic carbocycles. The maximum absolute atomic E-state index is 6.30. The van der Waals surface area contributed by atoms with Crippen molar-refractivity contribution in [3.63, 3.8) is 0 Å². The van der Waals surface area contributed by atoms with E-state index in [4.69, 9.17) is 4.42 Å². The van der Waals surface area contributed by atoms with Crippen molar-refractivity contribution >= 4 is 97.3 Å². The van der Waals surface area contributed by atoms with E-state index in [1.54, 1.807) is 0 Å². The van der Waals surface area contributed by atoms with Crippen molar-refractivity contribution in [2.75, 3.05) is 0 Å². The molecule has 1 aliphatic rings. The summed E-state index contributed by atoms with van der Waals surface area (Å²) in [5, 5.41) is 20.3. The average molecular weight is 1030 g/mol. The lowest BCUT2D eigenvalue weighted by atomic mass is 9.78. The highest BCUT2D eigenvalue weighted by atomic mass is 16.3. The lowest BCUT2D eigenvalue weighted by Gasteiger charge is -2.25. The zero-order valence-electron chi connectivity index (χ0n) is 44.5. The molecule has 1 heteroatoms. The minimum Gasteiger partial charge on any atom is -0.456 e. The summed E-state index contributed by atoms with van der Waals surface area (Å²) in [7, 11) is 0. The van der Waals surface area contributed by atoms with E-state index in [1.807, 2.05) is 0 Å². The zero-order chi connectivity index (χ0) is 53.1. The van der Waals surface area contributed by atoms with E-state index in [9.17, 15) is 0 Å². The summed E-state index contributed by atoms with van der Waals surface area (Å²) < 4.78 is 6.30. The molecule has 0 atom stereocenters. The maximum Gasteiger partial charge on any atom is 0.136 e. The Bertz CT molecular complexity index is 5080. The largest absolute Gasteiger partial charge is 0.456 e. The Kier molecular flexibility index (Phi) is 11.2. The highest BCUT2D eigenvalue weighted by molar-refractivity contribution is 6.26. The van der Waals surface area contributed by atoms with Crippen LogP contribution in [0.25, 0.3) is 153 Å². The number of benzene rings is 15. The second kappa shape index (κ2) is 18.8. The van der Waals surface area contributed by atoms with Gasteiger partial charge in [-0.25, -0.2) is 0 Å². The van der Waals surface area contributed by atoms with Crippen LogP contribution in [-0.4, -0.2) is 0 Å². The highest BCUT2D eigenvalue weighted by Crippen LogP contribution is 2.56. The van der Waals surface area contributed by atoms with E-state index in [-0.39, 0.29) is 12.8 Å². The smallest absolute Gasteiger partial charge is 0.136 e. The van der Waals surface area contributed by atoms with Crippen molar-refractivity contribution in [1.82, 2.24) is 0 Å². The molecule has 0 saturated carbocycles. The lowest BCUT2D eigenvalue weighted by Crippen LogP contribution is -2.15.